The van der Waals surface area contributed by atoms with Crippen LogP contribution in [0, 0.1) is 34.0 Å². The van der Waals surface area contributed by atoms with E-state index < -0.39 is 23.3 Å². The van der Waals surface area contributed by atoms with Gasteiger partial charge in [0.1, 0.15) is 5.92 Å². The van der Waals surface area contributed by atoms with Crippen LogP contribution >= 0.6 is 0 Å². The molecule has 20 heavy (non-hydrogen) atoms. The third-order valence-corrected chi connectivity index (χ3v) is 2.82. The van der Waals surface area contributed by atoms with E-state index >= 15 is 0 Å². The molecule has 2 atom stereocenters. The molecule has 0 rings (SSSR count). The van der Waals surface area contributed by atoms with E-state index in [4.69, 9.17) is 10.00 Å². The highest BCUT2D eigenvalue weighted by Crippen LogP contribution is 2.33. The summed E-state index contributed by atoms with van der Waals surface area (Å²) in [5.74, 6) is -2.60. The first-order chi connectivity index (χ1) is 9.36. The fraction of sp³-hybridized carbons (Fsp3) is 0.714. The minimum absolute atomic E-state index is 0.216. The van der Waals surface area contributed by atoms with Gasteiger partial charge < -0.3 is 9.47 Å². The summed E-state index contributed by atoms with van der Waals surface area (Å²) >= 11 is 0. The molecule has 6 nitrogen and oxygen atoms in total. The molecule has 0 aliphatic carbocycles. The van der Waals surface area contributed by atoms with Gasteiger partial charge in [0.05, 0.1) is 25.4 Å². The zero-order valence-corrected chi connectivity index (χ0v) is 12.3. The highest BCUT2D eigenvalue weighted by molar-refractivity contribution is 5.82. The van der Waals surface area contributed by atoms with Crippen LogP contribution in [0.4, 0.5) is 0 Å². The Morgan fingerprint density at radius 1 is 1.30 bits per heavy atom. The van der Waals surface area contributed by atoms with Crippen molar-refractivity contribution in [3.05, 3.63) is 0 Å². The Balaban J connectivity index is 5.34. The van der Waals surface area contributed by atoms with Crippen molar-refractivity contribution in [1.29, 1.82) is 10.5 Å². The number of methoxy groups -OCH3 is 1. The normalized spacial score (nSPS) is 14.6. The summed E-state index contributed by atoms with van der Waals surface area (Å²) in [5, 5.41) is 18.4. The second-order valence-corrected chi connectivity index (χ2v) is 4.81. The lowest BCUT2D eigenvalue weighted by molar-refractivity contribution is -0.158. The number of hydrogen-bond donors (Lipinski definition) is 0. The summed E-state index contributed by atoms with van der Waals surface area (Å²) < 4.78 is 9.60. The quantitative estimate of drug-likeness (QED) is 0.661. The summed E-state index contributed by atoms with van der Waals surface area (Å²) in [6.07, 6.45) is 0.196. The summed E-state index contributed by atoms with van der Waals surface area (Å²) in [7, 11) is 1.16. The highest BCUT2D eigenvalue weighted by Gasteiger charge is 2.44. The van der Waals surface area contributed by atoms with Crippen LogP contribution in [0.5, 0.6) is 0 Å². The van der Waals surface area contributed by atoms with Gasteiger partial charge in [-0.1, -0.05) is 13.3 Å². The summed E-state index contributed by atoms with van der Waals surface area (Å²) in [4.78, 5) is 23.6. The Bertz CT molecular complexity index is 433. The summed E-state index contributed by atoms with van der Waals surface area (Å²) in [6.45, 7) is 5.16. The lowest BCUT2D eigenvalue weighted by Crippen LogP contribution is -2.36. The standard InChI is InChI=1S/C14H20N2O4/c1-5-6-14(9-16,13(18)20-10(2)3)7-11(8-15)12(17)19-4/h10-11H,5-7H2,1-4H3. The summed E-state index contributed by atoms with van der Waals surface area (Å²) in [5.41, 5.74) is -1.49. The molecule has 0 saturated heterocycles. The van der Waals surface area contributed by atoms with Gasteiger partial charge in [-0.25, -0.2) is 0 Å². The molecule has 0 aromatic rings. The molecule has 0 aromatic heterocycles. The van der Waals surface area contributed by atoms with Gasteiger partial charge >= 0.3 is 11.9 Å². The number of rotatable bonds is 7. The van der Waals surface area contributed by atoms with Gasteiger partial charge in [-0.15, -0.1) is 0 Å². The van der Waals surface area contributed by atoms with Crippen molar-refractivity contribution in [1.82, 2.24) is 0 Å². The SMILES string of the molecule is CCCC(C#N)(CC(C#N)C(=O)OC)C(=O)OC(C)C. The van der Waals surface area contributed by atoms with Crippen molar-refractivity contribution in [3.8, 4) is 12.1 Å². The average molecular weight is 280 g/mol. The van der Waals surface area contributed by atoms with E-state index in [2.05, 4.69) is 4.74 Å². The molecular formula is C14H20N2O4. The molecule has 0 heterocycles. The summed E-state index contributed by atoms with van der Waals surface area (Å²) in [6, 6.07) is 3.71. The van der Waals surface area contributed by atoms with Crippen molar-refractivity contribution in [2.75, 3.05) is 7.11 Å². The van der Waals surface area contributed by atoms with Crippen LogP contribution in [0.15, 0.2) is 0 Å². The first-order valence-electron chi connectivity index (χ1n) is 6.46. The number of esters is 2. The fourth-order valence-corrected chi connectivity index (χ4v) is 1.86. The molecule has 0 fully saturated rings. The lowest BCUT2D eigenvalue weighted by atomic mass is 9.77. The monoisotopic (exact) mass is 280 g/mol. The molecule has 0 aromatic carbocycles. The number of hydrogen-bond acceptors (Lipinski definition) is 6. The predicted octanol–water partition coefficient (Wildman–Crippen LogP) is 1.95. The largest absolute Gasteiger partial charge is 0.468 e. The molecule has 0 amide bonds. The van der Waals surface area contributed by atoms with Crippen LogP contribution in [-0.2, 0) is 19.1 Å². The third kappa shape index (κ3) is 4.55. The minimum Gasteiger partial charge on any atom is -0.468 e. The number of nitriles is 2. The lowest BCUT2D eigenvalue weighted by Gasteiger charge is -2.26. The van der Waals surface area contributed by atoms with Crippen LogP contribution in [0.2, 0.25) is 0 Å². The topological polar surface area (TPSA) is 100 Å². The van der Waals surface area contributed by atoms with E-state index in [0.29, 0.717) is 6.42 Å². The van der Waals surface area contributed by atoms with Crippen molar-refractivity contribution >= 4 is 11.9 Å². The van der Waals surface area contributed by atoms with E-state index in [9.17, 15) is 14.9 Å². The Kier molecular flexibility index (Phi) is 7.31. The Morgan fingerprint density at radius 2 is 1.90 bits per heavy atom. The molecule has 110 valence electrons. The first-order valence-corrected chi connectivity index (χ1v) is 6.46. The molecule has 0 N–H and O–H groups in total. The van der Waals surface area contributed by atoms with Crippen molar-refractivity contribution in [3.63, 3.8) is 0 Å². The second kappa shape index (κ2) is 8.16. The van der Waals surface area contributed by atoms with Gasteiger partial charge in [0, 0.05) is 6.42 Å². The molecule has 2 unspecified atom stereocenters. The van der Waals surface area contributed by atoms with Crippen molar-refractivity contribution in [2.24, 2.45) is 11.3 Å². The van der Waals surface area contributed by atoms with Crippen LogP contribution in [-0.4, -0.2) is 25.2 Å². The van der Waals surface area contributed by atoms with Gasteiger partial charge in [-0.2, -0.15) is 10.5 Å². The van der Waals surface area contributed by atoms with Crippen LogP contribution in [0.1, 0.15) is 40.0 Å². The number of nitrogens with zero attached hydrogens (tertiary/aromatic N) is 2. The van der Waals surface area contributed by atoms with Crippen molar-refractivity contribution < 1.29 is 19.1 Å². The number of ether oxygens (including phenoxy) is 2. The molecular weight excluding hydrogens is 260 g/mol. The average Bonchev–Trinajstić information content (AvgIpc) is 2.41. The Hall–Kier alpha value is -2.08. The van der Waals surface area contributed by atoms with E-state index in [1.807, 2.05) is 13.0 Å². The maximum Gasteiger partial charge on any atom is 0.326 e. The molecule has 6 heteroatoms. The van der Waals surface area contributed by atoms with Crippen LogP contribution in [0.3, 0.4) is 0 Å². The first kappa shape index (κ1) is 17.9. The van der Waals surface area contributed by atoms with Crippen molar-refractivity contribution in [2.45, 2.75) is 46.1 Å². The van der Waals surface area contributed by atoms with Gasteiger partial charge in [-0.05, 0) is 20.3 Å². The smallest absolute Gasteiger partial charge is 0.326 e. The fourth-order valence-electron chi connectivity index (χ4n) is 1.86. The molecule has 0 saturated carbocycles. The Labute approximate surface area is 119 Å². The minimum atomic E-state index is -1.49. The third-order valence-electron chi connectivity index (χ3n) is 2.82. The maximum absolute atomic E-state index is 12.2. The Morgan fingerprint density at radius 3 is 2.25 bits per heavy atom. The second-order valence-electron chi connectivity index (χ2n) is 4.81. The highest BCUT2D eigenvalue weighted by atomic mass is 16.5. The zero-order chi connectivity index (χ0) is 15.8. The van der Waals surface area contributed by atoms with E-state index in [1.54, 1.807) is 19.9 Å². The van der Waals surface area contributed by atoms with E-state index in [1.165, 1.54) is 0 Å². The van der Waals surface area contributed by atoms with Crippen LogP contribution < -0.4 is 0 Å². The number of carbonyl (C=O) groups is 2. The zero-order valence-electron chi connectivity index (χ0n) is 12.3. The molecule has 0 aliphatic rings. The van der Waals surface area contributed by atoms with Gasteiger partial charge in [0.15, 0.2) is 5.41 Å². The van der Waals surface area contributed by atoms with Gasteiger partial charge in [-0.3, -0.25) is 9.59 Å². The molecule has 0 spiro atoms. The number of carbonyl (C=O) groups excluding carboxylic acids is 2. The maximum atomic E-state index is 12.2. The van der Waals surface area contributed by atoms with E-state index in [0.717, 1.165) is 7.11 Å². The van der Waals surface area contributed by atoms with Crippen LogP contribution in [0.25, 0.3) is 0 Å². The molecule has 0 radical (unpaired) electrons. The molecule has 0 aliphatic heterocycles. The van der Waals surface area contributed by atoms with Gasteiger partial charge in [0.2, 0.25) is 0 Å². The van der Waals surface area contributed by atoms with E-state index in [-0.39, 0.29) is 18.9 Å². The molecule has 0 bridgehead atoms. The van der Waals surface area contributed by atoms with Gasteiger partial charge in [0.25, 0.3) is 0 Å². The predicted molar refractivity (Wildman–Crippen MR) is 69.9 cm³/mol.